The summed E-state index contributed by atoms with van der Waals surface area (Å²) < 4.78 is 5.54. The van der Waals surface area contributed by atoms with E-state index in [9.17, 15) is 4.79 Å². The Kier molecular flexibility index (Phi) is 5.20. The second kappa shape index (κ2) is 7.92. The molecule has 3 heterocycles. The predicted octanol–water partition coefficient (Wildman–Crippen LogP) is 1.77. The molecule has 0 unspecified atom stereocenters. The van der Waals surface area contributed by atoms with Crippen molar-refractivity contribution in [2.24, 2.45) is 0 Å². The molecule has 0 saturated carbocycles. The summed E-state index contributed by atoms with van der Waals surface area (Å²) in [6.07, 6.45) is 5.76. The molecule has 2 aromatic heterocycles. The normalized spacial score (nSPS) is 15.3. The summed E-state index contributed by atoms with van der Waals surface area (Å²) in [6.45, 7) is 5.74. The van der Waals surface area contributed by atoms with Gasteiger partial charge in [-0.25, -0.2) is 14.5 Å². The highest BCUT2D eigenvalue weighted by molar-refractivity contribution is 5.16. The third-order valence-electron chi connectivity index (χ3n) is 5.32. The van der Waals surface area contributed by atoms with Crippen LogP contribution in [-0.2, 0) is 19.6 Å². The van der Waals surface area contributed by atoms with Gasteiger partial charge in [0.2, 0.25) is 0 Å². The van der Waals surface area contributed by atoms with Crippen LogP contribution in [0.3, 0.4) is 0 Å². The first-order chi connectivity index (χ1) is 13.2. The summed E-state index contributed by atoms with van der Waals surface area (Å²) in [6, 6.07) is 10.1. The van der Waals surface area contributed by atoms with Crippen LogP contribution in [-0.4, -0.2) is 37.0 Å². The quantitative estimate of drug-likeness (QED) is 0.722. The Balaban J connectivity index is 1.63. The molecule has 3 aromatic rings. The van der Waals surface area contributed by atoms with Gasteiger partial charge in [0.05, 0.1) is 13.1 Å². The van der Waals surface area contributed by atoms with Gasteiger partial charge in [-0.2, -0.15) is 5.10 Å². The summed E-state index contributed by atoms with van der Waals surface area (Å²) in [5.74, 6) is 2.21. The van der Waals surface area contributed by atoms with Crippen LogP contribution in [0.15, 0.2) is 47.5 Å². The minimum absolute atomic E-state index is 0.0230. The van der Waals surface area contributed by atoms with Gasteiger partial charge >= 0.3 is 5.69 Å². The lowest BCUT2D eigenvalue weighted by Crippen LogP contribution is -2.30. The molecule has 0 bridgehead atoms. The Hall–Kier alpha value is -2.67. The van der Waals surface area contributed by atoms with E-state index in [-0.39, 0.29) is 5.69 Å². The van der Waals surface area contributed by atoms with E-state index in [1.807, 2.05) is 40.5 Å². The van der Waals surface area contributed by atoms with Crippen LogP contribution in [0.5, 0.6) is 0 Å². The molecule has 0 spiro atoms. The van der Waals surface area contributed by atoms with Crippen molar-refractivity contribution in [1.82, 2.24) is 29.2 Å². The van der Waals surface area contributed by atoms with Crippen LogP contribution in [0.25, 0.3) is 0 Å². The van der Waals surface area contributed by atoms with E-state index in [4.69, 9.17) is 5.10 Å². The van der Waals surface area contributed by atoms with Gasteiger partial charge in [0.1, 0.15) is 11.6 Å². The molecular formula is C20H26N6O. The molecular weight excluding hydrogens is 340 g/mol. The van der Waals surface area contributed by atoms with Crippen LogP contribution in [0.2, 0.25) is 0 Å². The Morgan fingerprint density at radius 2 is 1.93 bits per heavy atom. The summed E-state index contributed by atoms with van der Waals surface area (Å²) in [7, 11) is 0. The van der Waals surface area contributed by atoms with E-state index in [0.717, 1.165) is 43.1 Å². The molecule has 7 nitrogen and oxygen atoms in total. The van der Waals surface area contributed by atoms with E-state index in [2.05, 4.69) is 22.4 Å². The summed E-state index contributed by atoms with van der Waals surface area (Å²) >= 11 is 0. The zero-order valence-electron chi connectivity index (χ0n) is 15.7. The number of benzene rings is 1. The van der Waals surface area contributed by atoms with Crippen molar-refractivity contribution in [2.45, 2.75) is 45.3 Å². The van der Waals surface area contributed by atoms with Crippen LogP contribution >= 0.6 is 0 Å². The Morgan fingerprint density at radius 1 is 1.15 bits per heavy atom. The first-order valence-corrected chi connectivity index (χ1v) is 9.62. The standard InChI is InChI=1S/C20H26N6O/c1-16-22-11-12-24(16)13-14-26-20(27)25(15-17-5-3-2-4-6-17)19(23-26)18-7-9-21-10-8-18/h2-6,11-12,18,21H,7-10,13-15H2,1H3. The van der Waals surface area contributed by atoms with Crippen molar-refractivity contribution in [2.75, 3.05) is 13.1 Å². The third-order valence-corrected chi connectivity index (χ3v) is 5.32. The maximum atomic E-state index is 13.1. The highest BCUT2D eigenvalue weighted by Gasteiger charge is 2.24. The first kappa shape index (κ1) is 17.7. The molecule has 0 amide bonds. The van der Waals surface area contributed by atoms with Gasteiger partial charge < -0.3 is 9.88 Å². The highest BCUT2D eigenvalue weighted by atomic mass is 16.2. The van der Waals surface area contributed by atoms with Gasteiger partial charge in [0.25, 0.3) is 0 Å². The van der Waals surface area contributed by atoms with Crippen molar-refractivity contribution in [3.63, 3.8) is 0 Å². The largest absolute Gasteiger partial charge is 0.346 e. The van der Waals surface area contributed by atoms with E-state index >= 15 is 0 Å². The minimum atomic E-state index is -0.0230. The Morgan fingerprint density at radius 3 is 2.63 bits per heavy atom. The topological polar surface area (TPSA) is 69.7 Å². The zero-order chi connectivity index (χ0) is 18.6. The SMILES string of the molecule is Cc1nccn1CCn1nc(C2CCNCC2)n(Cc2ccccc2)c1=O. The van der Waals surface area contributed by atoms with E-state index in [0.29, 0.717) is 25.6 Å². The smallest absolute Gasteiger partial charge is 0.333 e. The van der Waals surface area contributed by atoms with Crippen molar-refractivity contribution < 1.29 is 0 Å². The average molecular weight is 366 g/mol. The maximum Gasteiger partial charge on any atom is 0.346 e. The van der Waals surface area contributed by atoms with Crippen LogP contribution in [0, 0.1) is 6.92 Å². The summed E-state index contributed by atoms with van der Waals surface area (Å²) in [5.41, 5.74) is 1.10. The molecule has 1 N–H and O–H groups in total. The first-order valence-electron chi connectivity index (χ1n) is 9.62. The Bertz CT molecular complexity index is 933. The monoisotopic (exact) mass is 366 g/mol. The second-order valence-corrected chi connectivity index (χ2v) is 7.13. The van der Waals surface area contributed by atoms with Crippen LogP contribution in [0.4, 0.5) is 0 Å². The number of aryl methyl sites for hydroxylation is 3. The number of hydrogen-bond donors (Lipinski definition) is 1. The zero-order valence-corrected chi connectivity index (χ0v) is 15.7. The van der Waals surface area contributed by atoms with E-state index < -0.39 is 0 Å². The van der Waals surface area contributed by atoms with Gasteiger partial charge in [0.15, 0.2) is 0 Å². The molecule has 27 heavy (non-hydrogen) atoms. The minimum Gasteiger partial charge on any atom is -0.333 e. The van der Waals surface area contributed by atoms with Gasteiger partial charge in [0, 0.05) is 24.9 Å². The molecule has 0 atom stereocenters. The van der Waals surface area contributed by atoms with Crippen LogP contribution in [0.1, 0.15) is 36.0 Å². The number of nitrogens with zero attached hydrogens (tertiary/aromatic N) is 5. The fourth-order valence-corrected chi connectivity index (χ4v) is 3.74. The summed E-state index contributed by atoms with van der Waals surface area (Å²) in [5, 5.41) is 8.16. The van der Waals surface area contributed by atoms with Crippen molar-refractivity contribution >= 4 is 0 Å². The number of rotatable bonds is 6. The lowest BCUT2D eigenvalue weighted by molar-refractivity contribution is 0.429. The number of piperidine rings is 1. The number of hydrogen-bond acceptors (Lipinski definition) is 4. The maximum absolute atomic E-state index is 13.1. The fourth-order valence-electron chi connectivity index (χ4n) is 3.74. The molecule has 0 radical (unpaired) electrons. The van der Waals surface area contributed by atoms with Gasteiger partial charge in [-0.1, -0.05) is 30.3 Å². The Labute approximate surface area is 158 Å². The van der Waals surface area contributed by atoms with Gasteiger partial charge in [-0.3, -0.25) is 4.57 Å². The van der Waals surface area contributed by atoms with Gasteiger partial charge in [-0.15, -0.1) is 0 Å². The van der Waals surface area contributed by atoms with Crippen molar-refractivity contribution in [3.8, 4) is 0 Å². The second-order valence-electron chi connectivity index (χ2n) is 7.13. The summed E-state index contributed by atoms with van der Waals surface area (Å²) in [4.78, 5) is 17.4. The number of nitrogens with one attached hydrogen (secondary N) is 1. The lowest BCUT2D eigenvalue weighted by Gasteiger charge is -2.22. The predicted molar refractivity (Wildman–Crippen MR) is 104 cm³/mol. The lowest BCUT2D eigenvalue weighted by atomic mass is 9.97. The van der Waals surface area contributed by atoms with Crippen LogP contribution < -0.4 is 11.0 Å². The fraction of sp³-hybridized carbons (Fsp3) is 0.450. The van der Waals surface area contributed by atoms with Crippen molar-refractivity contribution in [3.05, 3.63) is 70.4 Å². The van der Waals surface area contributed by atoms with E-state index in [1.165, 1.54) is 0 Å². The third kappa shape index (κ3) is 3.88. The van der Waals surface area contributed by atoms with Gasteiger partial charge in [-0.05, 0) is 38.4 Å². The van der Waals surface area contributed by atoms with E-state index in [1.54, 1.807) is 10.9 Å². The molecule has 1 aliphatic rings. The number of aromatic nitrogens is 5. The molecule has 0 aliphatic carbocycles. The number of imidazole rings is 1. The molecule has 7 heteroatoms. The molecule has 1 aliphatic heterocycles. The average Bonchev–Trinajstić information content (AvgIpc) is 3.25. The highest BCUT2D eigenvalue weighted by Crippen LogP contribution is 2.23. The molecule has 4 rings (SSSR count). The molecule has 1 saturated heterocycles. The molecule has 142 valence electrons. The van der Waals surface area contributed by atoms with Crippen molar-refractivity contribution in [1.29, 1.82) is 0 Å². The molecule has 1 aromatic carbocycles. The molecule has 1 fully saturated rings.